The van der Waals surface area contributed by atoms with Crippen molar-refractivity contribution in [2.75, 3.05) is 26.2 Å². The van der Waals surface area contributed by atoms with Gasteiger partial charge < -0.3 is 14.6 Å². The van der Waals surface area contributed by atoms with Gasteiger partial charge in [-0.1, -0.05) is 11.6 Å². The topological polar surface area (TPSA) is 28.4 Å². The van der Waals surface area contributed by atoms with E-state index in [0.717, 1.165) is 19.4 Å². The van der Waals surface area contributed by atoms with Crippen molar-refractivity contribution in [1.82, 2.24) is 9.47 Å². The van der Waals surface area contributed by atoms with Crippen LogP contribution in [0.25, 0.3) is 10.9 Å². The first-order chi connectivity index (χ1) is 10.3. The third-order valence-corrected chi connectivity index (χ3v) is 4.57. The predicted molar refractivity (Wildman–Crippen MR) is 87.8 cm³/mol. The van der Waals surface area contributed by atoms with E-state index in [0.29, 0.717) is 0 Å². The summed E-state index contributed by atoms with van der Waals surface area (Å²) in [6.07, 6.45) is 6.97. The van der Waals surface area contributed by atoms with E-state index in [9.17, 15) is 0 Å². The van der Waals surface area contributed by atoms with Gasteiger partial charge in [0.1, 0.15) is 0 Å². The molecule has 2 aromatic rings. The number of fused-ring (bicyclic) bond motifs is 1. The van der Waals surface area contributed by atoms with Crippen LogP contribution in [0, 0.1) is 6.92 Å². The van der Waals surface area contributed by atoms with Crippen LogP contribution in [0.5, 0.6) is 0 Å². The third-order valence-electron chi connectivity index (χ3n) is 4.57. The molecule has 21 heavy (non-hydrogen) atoms. The van der Waals surface area contributed by atoms with Gasteiger partial charge in [-0.3, -0.25) is 0 Å². The first-order valence-electron chi connectivity index (χ1n) is 8.19. The Hall–Kier alpha value is -1.32. The van der Waals surface area contributed by atoms with Crippen LogP contribution in [0.1, 0.15) is 30.4 Å². The average Bonchev–Trinajstić information content (AvgIpc) is 3.10. The first-order valence-corrected chi connectivity index (χ1v) is 8.19. The molecule has 3 heteroatoms. The second-order valence-electron chi connectivity index (χ2n) is 6.24. The number of hydrogen-bond donors (Lipinski definition) is 1. The minimum Gasteiger partial charge on any atom is -0.396 e. The van der Waals surface area contributed by atoms with E-state index in [1.54, 1.807) is 0 Å². The summed E-state index contributed by atoms with van der Waals surface area (Å²) in [5.41, 5.74) is 4.09. The van der Waals surface area contributed by atoms with E-state index in [-0.39, 0.29) is 6.61 Å². The number of aryl methyl sites for hydroxylation is 2. The van der Waals surface area contributed by atoms with Crippen molar-refractivity contribution in [2.24, 2.45) is 0 Å². The molecule has 0 unspecified atom stereocenters. The van der Waals surface area contributed by atoms with Gasteiger partial charge in [0, 0.05) is 36.8 Å². The van der Waals surface area contributed by atoms with Crippen molar-refractivity contribution in [3.05, 3.63) is 35.5 Å². The fraction of sp³-hybridized carbons (Fsp3) is 0.556. The number of likely N-dealkylation sites (tertiary alicyclic amines) is 1. The summed E-state index contributed by atoms with van der Waals surface area (Å²) in [4.78, 5) is 2.58. The lowest BCUT2D eigenvalue weighted by atomic mass is 10.1. The summed E-state index contributed by atoms with van der Waals surface area (Å²) < 4.78 is 2.31. The molecule has 0 amide bonds. The first kappa shape index (κ1) is 14.6. The highest BCUT2D eigenvalue weighted by molar-refractivity contribution is 5.84. The Bertz CT molecular complexity index is 597. The van der Waals surface area contributed by atoms with Gasteiger partial charge in [-0.2, -0.15) is 0 Å². The molecule has 1 aromatic carbocycles. The molecule has 2 heterocycles. The van der Waals surface area contributed by atoms with E-state index in [2.05, 4.69) is 40.8 Å². The second kappa shape index (κ2) is 6.63. The summed E-state index contributed by atoms with van der Waals surface area (Å²) in [5.74, 6) is 0. The third kappa shape index (κ3) is 3.30. The fourth-order valence-corrected chi connectivity index (χ4v) is 3.39. The lowest BCUT2D eigenvalue weighted by Crippen LogP contribution is -2.21. The molecule has 3 rings (SSSR count). The molecule has 1 aliphatic rings. The maximum absolute atomic E-state index is 9.08. The van der Waals surface area contributed by atoms with Gasteiger partial charge in [0.2, 0.25) is 0 Å². The maximum Gasteiger partial charge on any atom is 0.0483 e. The van der Waals surface area contributed by atoms with Crippen LogP contribution in [0.15, 0.2) is 24.4 Å². The van der Waals surface area contributed by atoms with Gasteiger partial charge in [-0.15, -0.1) is 0 Å². The van der Waals surface area contributed by atoms with E-state index in [1.165, 1.54) is 54.5 Å². The van der Waals surface area contributed by atoms with Crippen LogP contribution in [-0.2, 0) is 13.0 Å². The van der Waals surface area contributed by atoms with Crippen molar-refractivity contribution >= 4 is 10.9 Å². The van der Waals surface area contributed by atoms with Crippen molar-refractivity contribution < 1.29 is 5.11 Å². The highest BCUT2D eigenvalue weighted by Gasteiger charge is 2.13. The summed E-state index contributed by atoms with van der Waals surface area (Å²) >= 11 is 0. The molecule has 114 valence electrons. The number of aromatic nitrogens is 1. The van der Waals surface area contributed by atoms with Crippen molar-refractivity contribution in [3.63, 3.8) is 0 Å². The molecule has 1 saturated heterocycles. The van der Waals surface area contributed by atoms with Gasteiger partial charge in [-0.25, -0.2) is 0 Å². The number of nitrogens with zero attached hydrogens (tertiary/aromatic N) is 2. The Kier molecular flexibility index (Phi) is 4.61. The zero-order chi connectivity index (χ0) is 14.7. The van der Waals surface area contributed by atoms with Gasteiger partial charge in [0.05, 0.1) is 0 Å². The van der Waals surface area contributed by atoms with E-state index < -0.39 is 0 Å². The largest absolute Gasteiger partial charge is 0.396 e. The quantitative estimate of drug-likeness (QED) is 0.884. The molecule has 0 aliphatic carbocycles. The molecule has 0 atom stereocenters. The van der Waals surface area contributed by atoms with Crippen LogP contribution in [0.4, 0.5) is 0 Å². The van der Waals surface area contributed by atoms with Crippen molar-refractivity contribution in [1.29, 1.82) is 0 Å². The van der Waals surface area contributed by atoms with E-state index >= 15 is 0 Å². The minimum atomic E-state index is 0.259. The summed E-state index contributed by atoms with van der Waals surface area (Å²) in [6, 6.07) is 6.72. The Labute approximate surface area is 127 Å². The van der Waals surface area contributed by atoms with Crippen molar-refractivity contribution in [2.45, 2.75) is 39.2 Å². The summed E-state index contributed by atoms with van der Waals surface area (Å²) in [7, 11) is 0. The highest BCUT2D eigenvalue weighted by atomic mass is 16.3. The van der Waals surface area contributed by atoms with Crippen LogP contribution in [0.2, 0.25) is 0 Å². The predicted octanol–water partition coefficient (Wildman–Crippen LogP) is 2.97. The SMILES string of the molecule is Cc1ccc2c(c1)c(CCN1CCCC1)cn2CCCO. The number of benzene rings is 1. The Morgan fingerprint density at radius 2 is 1.95 bits per heavy atom. The molecule has 0 radical (unpaired) electrons. The molecule has 0 spiro atoms. The van der Waals surface area contributed by atoms with Crippen LogP contribution in [-0.4, -0.2) is 40.8 Å². The Balaban J connectivity index is 1.83. The molecule has 1 N–H and O–H groups in total. The van der Waals surface area contributed by atoms with Gasteiger partial charge in [-0.05, 0) is 63.4 Å². The van der Waals surface area contributed by atoms with E-state index in [4.69, 9.17) is 5.11 Å². The van der Waals surface area contributed by atoms with Crippen LogP contribution in [0.3, 0.4) is 0 Å². The lowest BCUT2D eigenvalue weighted by molar-refractivity contribution is 0.280. The molecule has 0 bridgehead atoms. The normalized spacial score (nSPS) is 16.1. The van der Waals surface area contributed by atoms with Gasteiger partial charge in [0.15, 0.2) is 0 Å². The Morgan fingerprint density at radius 3 is 2.71 bits per heavy atom. The molecule has 0 saturated carbocycles. The molecule has 1 fully saturated rings. The molecule has 1 aliphatic heterocycles. The monoisotopic (exact) mass is 286 g/mol. The minimum absolute atomic E-state index is 0.259. The molecule has 3 nitrogen and oxygen atoms in total. The van der Waals surface area contributed by atoms with Gasteiger partial charge >= 0.3 is 0 Å². The Morgan fingerprint density at radius 1 is 1.14 bits per heavy atom. The summed E-state index contributed by atoms with van der Waals surface area (Å²) in [6.45, 7) is 7.03. The summed E-state index contributed by atoms with van der Waals surface area (Å²) in [5, 5.41) is 10.5. The lowest BCUT2D eigenvalue weighted by Gasteiger charge is -2.13. The van der Waals surface area contributed by atoms with Crippen LogP contribution < -0.4 is 0 Å². The zero-order valence-electron chi connectivity index (χ0n) is 13.0. The maximum atomic E-state index is 9.08. The number of aliphatic hydroxyl groups excluding tert-OH is 1. The molecular formula is C18H26N2O. The number of hydrogen-bond acceptors (Lipinski definition) is 2. The zero-order valence-corrected chi connectivity index (χ0v) is 13.0. The van der Waals surface area contributed by atoms with Crippen LogP contribution >= 0.6 is 0 Å². The molecule has 1 aromatic heterocycles. The number of aliphatic hydroxyl groups is 1. The second-order valence-corrected chi connectivity index (χ2v) is 6.24. The fourth-order valence-electron chi connectivity index (χ4n) is 3.39. The number of rotatable bonds is 6. The van der Waals surface area contributed by atoms with Crippen molar-refractivity contribution in [3.8, 4) is 0 Å². The molecular weight excluding hydrogens is 260 g/mol. The van der Waals surface area contributed by atoms with E-state index in [1.807, 2.05) is 0 Å². The smallest absolute Gasteiger partial charge is 0.0483 e. The van der Waals surface area contributed by atoms with Gasteiger partial charge in [0.25, 0.3) is 0 Å². The standard InChI is InChI=1S/C18H26N2O/c1-15-5-6-18-17(13-15)16(14-20(18)10-4-12-21)7-11-19-8-2-3-9-19/h5-6,13-14,21H,2-4,7-12H2,1H3. The highest BCUT2D eigenvalue weighted by Crippen LogP contribution is 2.24. The average molecular weight is 286 g/mol.